The maximum absolute atomic E-state index is 13.5. The van der Waals surface area contributed by atoms with Gasteiger partial charge in [0.2, 0.25) is 0 Å². The molecule has 5 nitrogen and oxygen atoms in total. The fraction of sp³-hybridized carbons (Fsp3) is 0.895. The van der Waals surface area contributed by atoms with Crippen LogP contribution in [-0.2, 0) is 9.09 Å². The second-order valence-electron chi connectivity index (χ2n) is 9.03. The van der Waals surface area contributed by atoms with Crippen molar-refractivity contribution in [1.29, 1.82) is 0 Å². The van der Waals surface area contributed by atoms with E-state index in [0.29, 0.717) is 5.92 Å². The lowest BCUT2D eigenvalue weighted by atomic mass is 9.59. The van der Waals surface area contributed by atoms with Crippen molar-refractivity contribution in [3.63, 3.8) is 0 Å². The first-order valence-electron chi connectivity index (χ1n) is 9.37. The van der Waals surface area contributed by atoms with Crippen molar-refractivity contribution in [2.24, 2.45) is 17.3 Å². The Morgan fingerprint density at radius 1 is 1.24 bits per heavy atom. The molecule has 1 spiro atoms. The highest BCUT2D eigenvalue weighted by Crippen LogP contribution is 2.63. The number of hydrogen-bond acceptors (Lipinski definition) is 3. The smallest absolute Gasteiger partial charge is 0.345 e. The lowest BCUT2D eigenvalue weighted by molar-refractivity contribution is -0.101. The van der Waals surface area contributed by atoms with Crippen LogP contribution in [0.4, 0.5) is 0 Å². The standard InChI is InChI=1S/C19H37N2O3P/c1-14-11-12-19(15(2)9-10-16(19)18(3,4)22)17(13-14)24-25(23,20(5)6)21(7)8/h11,15-17,22H,9-10,12-13H2,1-8H3/t15-,16-,17-,19-/m1/s1. The van der Waals surface area contributed by atoms with E-state index in [-0.39, 0.29) is 17.4 Å². The SMILES string of the molecule is CC1=CC[C@]2([C@H](C)CC[C@@H]2C(C)(C)O)[C@H](OP(=O)(N(C)C)N(C)C)C1. The van der Waals surface area contributed by atoms with Gasteiger partial charge in [0.05, 0.1) is 11.7 Å². The zero-order valence-corrected chi connectivity index (χ0v) is 18.1. The second-order valence-corrected chi connectivity index (χ2v) is 11.8. The van der Waals surface area contributed by atoms with Gasteiger partial charge in [0, 0.05) is 5.41 Å². The van der Waals surface area contributed by atoms with E-state index in [1.54, 1.807) is 9.34 Å². The van der Waals surface area contributed by atoms with Crippen LogP contribution in [0, 0.1) is 17.3 Å². The van der Waals surface area contributed by atoms with E-state index in [1.165, 1.54) is 5.57 Å². The lowest BCUT2D eigenvalue weighted by Gasteiger charge is -2.51. The van der Waals surface area contributed by atoms with Gasteiger partial charge in [0.1, 0.15) is 0 Å². The van der Waals surface area contributed by atoms with E-state index >= 15 is 0 Å². The summed E-state index contributed by atoms with van der Waals surface area (Å²) >= 11 is 0. The third-order valence-electron chi connectivity index (χ3n) is 6.49. The first-order chi connectivity index (χ1) is 11.4. The first kappa shape index (κ1) is 21.1. The van der Waals surface area contributed by atoms with E-state index in [1.807, 2.05) is 42.0 Å². The van der Waals surface area contributed by atoms with E-state index in [9.17, 15) is 9.67 Å². The van der Waals surface area contributed by atoms with Gasteiger partial charge in [-0.1, -0.05) is 18.6 Å². The van der Waals surface area contributed by atoms with Gasteiger partial charge in [0.25, 0.3) is 0 Å². The van der Waals surface area contributed by atoms with Crippen LogP contribution in [0.1, 0.15) is 53.4 Å². The van der Waals surface area contributed by atoms with Gasteiger partial charge in [-0.15, -0.1) is 0 Å². The molecule has 0 heterocycles. The van der Waals surface area contributed by atoms with Crippen molar-refractivity contribution < 1.29 is 14.2 Å². The van der Waals surface area contributed by atoms with Crippen LogP contribution >= 0.6 is 7.67 Å². The van der Waals surface area contributed by atoms with Crippen LogP contribution in [0.25, 0.3) is 0 Å². The van der Waals surface area contributed by atoms with Crippen molar-refractivity contribution in [2.75, 3.05) is 28.2 Å². The highest BCUT2D eigenvalue weighted by Gasteiger charge is 2.59. The highest BCUT2D eigenvalue weighted by molar-refractivity contribution is 7.53. The Balaban J connectivity index is 2.49. The number of hydrogen-bond donors (Lipinski definition) is 1. The molecule has 0 aromatic rings. The van der Waals surface area contributed by atoms with E-state index < -0.39 is 13.3 Å². The maximum Gasteiger partial charge on any atom is 0.345 e. The quantitative estimate of drug-likeness (QED) is 0.580. The molecular weight excluding hydrogens is 335 g/mol. The van der Waals surface area contributed by atoms with Crippen LogP contribution in [0.15, 0.2) is 11.6 Å². The molecule has 2 rings (SSSR count). The Hall–Kier alpha value is -0.190. The van der Waals surface area contributed by atoms with Crippen LogP contribution in [0.2, 0.25) is 0 Å². The molecule has 25 heavy (non-hydrogen) atoms. The van der Waals surface area contributed by atoms with Crippen LogP contribution in [0.3, 0.4) is 0 Å². The van der Waals surface area contributed by atoms with Gasteiger partial charge >= 0.3 is 7.67 Å². The molecular formula is C19H37N2O3P. The van der Waals surface area contributed by atoms with E-state index in [2.05, 4.69) is 19.9 Å². The predicted molar refractivity (Wildman–Crippen MR) is 103 cm³/mol. The Kier molecular flexibility index (Phi) is 5.99. The molecule has 0 aromatic carbocycles. The van der Waals surface area contributed by atoms with Crippen molar-refractivity contribution in [1.82, 2.24) is 9.34 Å². The lowest BCUT2D eigenvalue weighted by Crippen LogP contribution is -2.52. The molecule has 0 saturated heterocycles. The number of aliphatic hydroxyl groups is 1. The normalized spacial score (nSPS) is 34.2. The fourth-order valence-electron chi connectivity index (χ4n) is 5.09. The summed E-state index contributed by atoms with van der Waals surface area (Å²) in [5.41, 5.74) is 0.346. The first-order valence-corrected chi connectivity index (χ1v) is 10.9. The third kappa shape index (κ3) is 3.64. The minimum absolute atomic E-state index is 0.141. The van der Waals surface area contributed by atoms with Gasteiger partial charge in [-0.2, -0.15) is 0 Å². The maximum atomic E-state index is 13.5. The molecule has 1 fully saturated rings. The van der Waals surface area contributed by atoms with Gasteiger partial charge in [0.15, 0.2) is 0 Å². The van der Waals surface area contributed by atoms with Crippen molar-refractivity contribution in [3.8, 4) is 0 Å². The Morgan fingerprint density at radius 2 is 1.80 bits per heavy atom. The van der Waals surface area contributed by atoms with E-state index in [4.69, 9.17) is 4.52 Å². The molecule has 2 aliphatic carbocycles. The summed E-state index contributed by atoms with van der Waals surface area (Å²) in [4.78, 5) is 0. The average molecular weight is 372 g/mol. The topological polar surface area (TPSA) is 53.0 Å². The summed E-state index contributed by atoms with van der Waals surface area (Å²) in [6, 6.07) is 0. The molecule has 1 saturated carbocycles. The molecule has 2 aliphatic rings. The second kappa shape index (κ2) is 7.09. The predicted octanol–water partition coefficient (Wildman–Crippen LogP) is 4.15. The molecule has 0 unspecified atom stereocenters. The van der Waals surface area contributed by atoms with Crippen LogP contribution in [-0.4, -0.2) is 54.3 Å². The molecule has 0 bridgehead atoms. The third-order valence-corrected chi connectivity index (χ3v) is 9.04. The van der Waals surface area contributed by atoms with Gasteiger partial charge in [-0.05, 0) is 86.5 Å². The van der Waals surface area contributed by atoms with Crippen LogP contribution < -0.4 is 0 Å². The Morgan fingerprint density at radius 3 is 2.28 bits per heavy atom. The van der Waals surface area contributed by atoms with Gasteiger partial charge in [-0.25, -0.2) is 9.34 Å². The minimum atomic E-state index is -3.08. The molecule has 0 amide bonds. The van der Waals surface area contributed by atoms with Crippen LogP contribution in [0.5, 0.6) is 0 Å². The largest absolute Gasteiger partial charge is 0.390 e. The number of allylic oxidation sites excluding steroid dienone is 1. The Bertz CT molecular complexity index is 556. The van der Waals surface area contributed by atoms with Crippen molar-refractivity contribution in [3.05, 3.63) is 11.6 Å². The molecule has 0 radical (unpaired) electrons. The molecule has 0 aliphatic heterocycles. The van der Waals surface area contributed by atoms with Gasteiger partial charge in [-0.3, -0.25) is 4.57 Å². The monoisotopic (exact) mass is 372 g/mol. The zero-order chi connectivity index (χ0) is 19.2. The summed E-state index contributed by atoms with van der Waals surface area (Å²) in [6.07, 6.45) is 5.89. The summed E-state index contributed by atoms with van der Waals surface area (Å²) in [5, 5.41) is 10.9. The fourth-order valence-corrected chi connectivity index (χ4v) is 6.78. The summed E-state index contributed by atoms with van der Waals surface area (Å²) < 4.78 is 23.4. The van der Waals surface area contributed by atoms with E-state index in [0.717, 1.165) is 25.7 Å². The minimum Gasteiger partial charge on any atom is -0.390 e. The summed E-state index contributed by atoms with van der Waals surface area (Å²) in [6.45, 7) is 8.22. The number of rotatable bonds is 5. The van der Waals surface area contributed by atoms with Crippen molar-refractivity contribution in [2.45, 2.75) is 65.1 Å². The highest BCUT2D eigenvalue weighted by atomic mass is 31.2. The average Bonchev–Trinajstić information content (AvgIpc) is 2.80. The molecule has 6 heteroatoms. The number of nitrogens with zero attached hydrogens (tertiary/aromatic N) is 2. The van der Waals surface area contributed by atoms with Gasteiger partial charge < -0.3 is 9.63 Å². The Labute approximate surface area is 154 Å². The zero-order valence-electron chi connectivity index (χ0n) is 17.2. The molecule has 0 aromatic heterocycles. The van der Waals surface area contributed by atoms with Crippen molar-refractivity contribution >= 4 is 7.67 Å². The molecule has 1 N–H and O–H groups in total. The summed E-state index contributed by atoms with van der Waals surface area (Å²) in [5.74, 6) is 0.568. The summed E-state index contributed by atoms with van der Waals surface area (Å²) in [7, 11) is 4.16. The molecule has 4 atom stereocenters. The molecule has 146 valence electrons.